The van der Waals surface area contributed by atoms with Crippen LogP contribution in [-0.2, 0) is 22.4 Å². The molecule has 1 unspecified atom stereocenters. The maximum Gasteiger partial charge on any atom is 0.258 e. The first-order chi connectivity index (χ1) is 15.6. The summed E-state index contributed by atoms with van der Waals surface area (Å²) in [5.74, 6) is -0.668. The van der Waals surface area contributed by atoms with Crippen molar-refractivity contribution >= 4 is 33.5 Å². The van der Waals surface area contributed by atoms with E-state index in [0.29, 0.717) is 6.42 Å². The van der Waals surface area contributed by atoms with Crippen LogP contribution in [-0.4, -0.2) is 34.3 Å². The van der Waals surface area contributed by atoms with Crippen LogP contribution in [0.15, 0.2) is 72.9 Å². The Morgan fingerprint density at radius 2 is 1.81 bits per heavy atom. The van der Waals surface area contributed by atoms with E-state index in [1.165, 1.54) is 0 Å². The minimum Gasteiger partial charge on any atom is -0.361 e. The Hall–Kier alpha value is -4.11. The highest BCUT2D eigenvalue weighted by atomic mass is 16.2. The highest BCUT2D eigenvalue weighted by Gasteiger charge is 2.26. The predicted octanol–water partition coefficient (Wildman–Crippen LogP) is 3.92. The molecule has 4 aromatic rings. The zero-order valence-electron chi connectivity index (χ0n) is 17.8. The van der Waals surface area contributed by atoms with Gasteiger partial charge in [0.1, 0.15) is 6.04 Å². The molecular weight excluding hydrogens is 400 g/mol. The number of nitriles is 1. The van der Waals surface area contributed by atoms with Crippen molar-refractivity contribution in [3.05, 3.63) is 84.1 Å². The molecule has 3 aromatic carbocycles. The number of rotatable bonds is 7. The Balaban J connectivity index is 1.56. The number of aromatic nitrogens is 1. The molecule has 1 atom stereocenters. The number of H-pyrrole nitrogens is 1. The zero-order valence-corrected chi connectivity index (χ0v) is 17.8. The molecule has 0 aliphatic heterocycles. The van der Waals surface area contributed by atoms with E-state index in [1.54, 1.807) is 6.92 Å². The standard InChI is InChI=1S/C26H24N4O2/c1-2-30(17-27)26(32)24(14-18-11-12-19-7-3-4-8-20(19)13-18)29-25(31)15-21-16-28-23-10-6-5-9-22(21)23/h3-13,16,24,28H,2,14-15H2,1H3,(H,29,31). The molecule has 6 heteroatoms. The van der Waals surface area contributed by atoms with Crippen molar-refractivity contribution in [2.75, 3.05) is 6.54 Å². The van der Waals surface area contributed by atoms with Gasteiger partial charge in [-0.1, -0.05) is 60.7 Å². The fourth-order valence-corrected chi connectivity index (χ4v) is 3.96. The maximum atomic E-state index is 13.0. The smallest absolute Gasteiger partial charge is 0.258 e. The molecule has 0 saturated heterocycles. The SMILES string of the molecule is CCN(C#N)C(=O)C(Cc1ccc2ccccc2c1)NC(=O)Cc1c[nH]c2ccccc12. The third kappa shape index (κ3) is 4.47. The second-order valence-electron chi connectivity index (χ2n) is 7.72. The van der Waals surface area contributed by atoms with E-state index in [0.717, 1.165) is 37.7 Å². The van der Waals surface area contributed by atoms with Crippen LogP contribution < -0.4 is 5.32 Å². The first kappa shape index (κ1) is 21.1. The van der Waals surface area contributed by atoms with Crippen molar-refractivity contribution in [2.45, 2.75) is 25.8 Å². The number of fused-ring (bicyclic) bond motifs is 2. The summed E-state index contributed by atoms with van der Waals surface area (Å²) < 4.78 is 0. The molecule has 0 saturated carbocycles. The van der Waals surface area contributed by atoms with E-state index in [2.05, 4.69) is 10.3 Å². The van der Waals surface area contributed by atoms with E-state index in [1.807, 2.05) is 79.1 Å². The summed E-state index contributed by atoms with van der Waals surface area (Å²) in [4.78, 5) is 30.1. The molecule has 0 bridgehead atoms. The number of likely N-dealkylation sites (N-methyl/N-ethyl adjacent to an activating group) is 1. The topological polar surface area (TPSA) is 89.0 Å². The van der Waals surface area contributed by atoms with Gasteiger partial charge in [0.25, 0.3) is 5.91 Å². The van der Waals surface area contributed by atoms with Crippen LogP contribution in [0.5, 0.6) is 0 Å². The Bertz CT molecular complexity index is 1320. The van der Waals surface area contributed by atoms with Gasteiger partial charge in [-0.15, -0.1) is 0 Å². The lowest BCUT2D eigenvalue weighted by atomic mass is 10.0. The van der Waals surface area contributed by atoms with Gasteiger partial charge in [-0.3, -0.25) is 9.59 Å². The van der Waals surface area contributed by atoms with Crippen molar-refractivity contribution in [2.24, 2.45) is 0 Å². The van der Waals surface area contributed by atoms with Crippen molar-refractivity contribution in [3.8, 4) is 6.19 Å². The monoisotopic (exact) mass is 424 g/mol. The van der Waals surface area contributed by atoms with Crippen molar-refractivity contribution in [1.29, 1.82) is 5.26 Å². The molecule has 4 rings (SSSR count). The third-order valence-electron chi connectivity index (χ3n) is 5.62. The summed E-state index contributed by atoms with van der Waals surface area (Å²) in [5, 5.41) is 15.4. The largest absolute Gasteiger partial charge is 0.361 e. The predicted molar refractivity (Wildman–Crippen MR) is 125 cm³/mol. The molecule has 0 aliphatic rings. The number of hydrogen-bond acceptors (Lipinski definition) is 3. The van der Waals surface area contributed by atoms with Crippen LogP contribution in [0.3, 0.4) is 0 Å². The van der Waals surface area contributed by atoms with Crippen LogP contribution in [0, 0.1) is 11.5 Å². The average molecular weight is 425 g/mol. The molecule has 160 valence electrons. The lowest BCUT2D eigenvalue weighted by Crippen LogP contribution is -2.48. The van der Waals surface area contributed by atoms with Gasteiger partial charge in [0, 0.05) is 30.1 Å². The summed E-state index contributed by atoms with van der Waals surface area (Å²) >= 11 is 0. The van der Waals surface area contributed by atoms with Gasteiger partial charge < -0.3 is 10.3 Å². The van der Waals surface area contributed by atoms with Crippen LogP contribution >= 0.6 is 0 Å². The molecule has 32 heavy (non-hydrogen) atoms. The average Bonchev–Trinajstić information content (AvgIpc) is 3.22. The quantitative estimate of drug-likeness (QED) is 0.348. The number of carbonyl (C=O) groups is 2. The summed E-state index contributed by atoms with van der Waals surface area (Å²) in [6, 6.07) is 20.9. The Labute approximate surface area is 186 Å². The summed E-state index contributed by atoms with van der Waals surface area (Å²) in [5.41, 5.74) is 2.74. The summed E-state index contributed by atoms with van der Waals surface area (Å²) in [6.07, 6.45) is 4.19. The second-order valence-corrected chi connectivity index (χ2v) is 7.72. The van der Waals surface area contributed by atoms with E-state index >= 15 is 0 Å². The van der Waals surface area contributed by atoms with Crippen LogP contribution in [0.25, 0.3) is 21.7 Å². The molecule has 1 aromatic heterocycles. The normalized spacial score (nSPS) is 11.8. The van der Waals surface area contributed by atoms with E-state index < -0.39 is 11.9 Å². The molecule has 0 fully saturated rings. The molecule has 1 heterocycles. The van der Waals surface area contributed by atoms with Gasteiger partial charge in [0.2, 0.25) is 5.91 Å². The molecule has 6 nitrogen and oxygen atoms in total. The number of amides is 2. The fourth-order valence-electron chi connectivity index (χ4n) is 3.96. The minimum atomic E-state index is -0.825. The first-order valence-electron chi connectivity index (χ1n) is 10.6. The van der Waals surface area contributed by atoms with Gasteiger partial charge in [-0.05, 0) is 34.9 Å². The maximum absolute atomic E-state index is 13.0. The van der Waals surface area contributed by atoms with Gasteiger partial charge in [-0.2, -0.15) is 5.26 Å². The van der Waals surface area contributed by atoms with Crippen LogP contribution in [0.1, 0.15) is 18.1 Å². The van der Waals surface area contributed by atoms with E-state index in [9.17, 15) is 14.9 Å². The number of para-hydroxylation sites is 1. The van der Waals surface area contributed by atoms with E-state index in [4.69, 9.17) is 0 Å². The van der Waals surface area contributed by atoms with Gasteiger partial charge in [0.15, 0.2) is 6.19 Å². The Kier molecular flexibility index (Phi) is 6.18. The number of aromatic amines is 1. The van der Waals surface area contributed by atoms with Gasteiger partial charge >= 0.3 is 0 Å². The van der Waals surface area contributed by atoms with Crippen LogP contribution in [0.2, 0.25) is 0 Å². The van der Waals surface area contributed by atoms with Gasteiger partial charge in [-0.25, -0.2) is 4.90 Å². The summed E-state index contributed by atoms with van der Waals surface area (Å²) in [7, 11) is 0. The number of nitrogens with one attached hydrogen (secondary N) is 2. The molecular formula is C26H24N4O2. The summed E-state index contributed by atoms with van der Waals surface area (Å²) in [6.45, 7) is 1.99. The number of hydrogen-bond donors (Lipinski definition) is 2. The first-order valence-corrected chi connectivity index (χ1v) is 10.6. The zero-order chi connectivity index (χ0) is 22.5. The minimum absolute atomic E-state index is 0.143. The van der Waals surface area contributed by atoms with Crippen LogP contribution in [0.4, 0.5) is 0 Å². The van der Waals surface area contributed by atoms with Crippen molar-refractivity contribution in [1.82, 2.24) is 15.2 Å². The Morgan fingerprint density at radius 1 is 1.06 bits per heavy atom. The number of nitrogens with zero attached hydrogens (tertiary/aromatic N) is 2. The molecule has 0 aliphatic carbocycles. The number of benzene rings is 3. The number of carbonyl (C=O) groups excluding carboxylic acids is 2. The third-order valence-corrected chi connectivity index (χ3v) is 5.62. The second kappa shape index (κ2) is 9.36. The molecule has 2 N–H and O–H groups in total. The molecule has 0 spiro atoms. The van der Waals surface area contributed by atoms with E-state index in [-0.39, 0.29) is 18.9 Å². The fraction of sp³-hybridized carbons (Fsp3) is 0.192. The van der Waals surface area contributed by atoms with Crippen molar-refractivity contribution in [3.63, 3.8) is 0 Å². The molecule has 0 radical (unpaired) electrons. The highest BCUT2D eigenvalue weighted by Crippen LogP contribution is 2.19. The lowest BCUT2D eigenvalue weighted by molar-refractivity contribution is -0.133. The Morgan fingerprint density at radius 3 is 2.59 bits per heavy atom. The van der Waals surface area contributed by atoms with Gasteiger partial charge in [0.05, 0.1) is 6.42 Å². The van der Waals surface area contributed by atoms with Crippen molar-refractivity contribution < 1.29 is 9.59 Å². The molecule has 2 amide bonds. The lowest BCUT2D eigenvalue weighted by Gasteiger charge is -2.22. The highest BCUT2D eigenvalue weighted by molar-refractivity contribution is 5.92.